The van der Waals surface area contributed by atoms with Crippen molar-refractivity contribution in [2.75, 3.05) is 72.1 Å². The van der Waals surface area contributed by atoms with Crippen LogP contribution in [-0.4, -0.2) is 42.7 Å². The molecule has 0 fully saturated rings. The number of benzene rings is 20. The van der Waals surface area contributed by atoms with Gasteiger partial charge in [0.2, 0.25) is 0 Å². The van der Waals surface area contributed by atoms with Gasteiger partial charge in [-0.05, 0) is 466 Å². The molecule has 0 bridgehead atoms. The number of methoxy groups -OCH3 is 6. The zero-order valence-electron chi connectivity index (χ0n) is 87.4. The molecule has 744 valence electrons. The summed E-state index contributed by atoms with van der Waals surface area (Å²) in [4.78, 5) is 13.8. The summed E-state index contributed by atoms with van der Waals surface area (Å²) in [6.45, 7) is 13.3. The molecule has 0 unspecified atom stereocenters. The number of ether oxygens (including phenoxy) is 6. The van der Waals surface area contributed by atoms with Gasteiger partial charge in [0.25, 0.3) is 0 Å². The van der Waals surface area contributed by atoms with Gasteiger partial charge in [0.1, 0.15) is 34.5 Å². The summed E-state index contributed by atoms with van der Waals surface area (Å²) in [5, 5.41) is 0. The van der Waals surface area contributed by atoms with Gasteiger partial charge in [-0.1, -0.05) is 187 Å². The lowest BCUT2D eigenvalue weighted by atomic mass is 9.93. The maximum absolute atomic E-state index is 5.52. The van der Waals surface area contributed by atoms with Crippen molar-refractivity contribution in [3.63, 3.8) is 0 Å². The largest absolute Gasteiger partial charge is 0.497 e. The molecule has 0 atom stereocenters. The summed E-state index contributed by atoms with van der Waals surface area (Å²) in [7, 11) is 10.1. The van der Waals surface area contributed by atoms with Gasteiger partial charge in [0, 0.05) is 102 Å². The SMILES string of the molecule is CCc1ccc(N(c2ccc(CC)cc2)c2ccc(-c3cc(-c4ccc(N(c5ccc(CC)cc5)c5ccc(CC)cc5)cc4)cc(-c4ccc(N(c5ccc(CC)cc5)c5ccc(CC)cc5)cc4)c3)cc2)cc1.COc1ccc(N(c2ccc(OC)cc2)c2ccc(-c3cc(-c4ccc(N(c5ccc(OC)cc5)c5ccc(OC)cc5)cc4)cc(-c4ccc(N(c5ccc(OC)cc5)c5ccc(OC)cc5)cc4)c3)cc2)cc1. The van der Waals surface area contributed by atoms with Crippen LogP contribution in [-0.2, 0) is 38.5 Å². The molecular formula is C138H126N6O6. The van der Waals surface area contributed by atoms with Crippen LogP contribution in [0.3, 0.4) is 0 Å². The van der Waals surface area contributed by atoms with Crippen LogP contribution in [0, 0.1) is 0 Å². The molecular weight excluding hydrogens is 1840 g/mol. The maximum Gasteiger partial charge on any atom is 0.119 e. The number of nitrogens with zero attached hydrogens (tertiary/aromatic N) is 6. The van der Waals surface area contributed by atoms with Crippen molar-refractivity contribution in [3.8, 4) is 101 Å². The molecule has 0 saturated heterocycles. The van der Waals surface area contributed by atoms with Crippen molar-refractivity contribution < 1.29 is 28.4 Å². The van der Waals surface area contributed by atoms with Crippen molar-refractivity contribution in [1.29, 1.82) is 0 Å². The third kappa shape index (κ3) is 23.1. The Bertz CT molecular complexity index is 6280. The van der Waals surface area contributed by atoms with E-state index in [0.29, 0.717) is 0 Å². The van der Waals surface area contributed by atoms with Crippen molar-refractivity contribution in [2.24, 2.45) is 0 Å². The number of hydrogen-bond donors (Lipinski definition) is 0. The second-order valence-corrected chi connectivity index (χ2v) is 37.2. The smallest absolute Gasteiger partial charge is 0.119 e. The molecule has 150 heavy (non-hydrogen) atoms. The van der Waals surface area contributed by atoms with E-state index in [1.54, 1.807) is 42.7 Å². The zero-order valence-corrected chi connectivity index (χ0v) is 87.4. The van der Waals surface area contributed by atoms with E-state index in [1.807, 2.05) is 72.8 Å². The highest BCUT2D eigenvalue weighted by Gasteiger charge is 2.24. The Morgan fingerprint density at radius 2 is 0.200 bits per heavy atom. The predicted molar refractivity (Wildman–Crippen MR) is 629 cm³/mol. The lowest BCUT2D eigenvalue weighted by Gasteiger charge is -2.26. The van der Waals surface area contributed by atoms with E-state index in [2.05, 4.69) is 471 Å². The van der Waals surface area contributed by atoms with Gasteiger partial charge < -0.3 is 57.8 Å². The van der Waals surface area contributed by atoms with E-state index >= 15 is 0 Å². The summed E-state index contributed by atoms with van der Waals surface area (Å²) in [6, 6.07) is 170. The summed E-state index contributed by atoms with van der Waals surface area (Å²) in [5.74, 6) is 4.76. The molecule has 20 aromatic carbocycles. The Morgan fingerprint density at radius 1 is 0.113 bits per heavy atom. The first-order chi connectivity index (χ1) is 73.7. The second-order valence-electron chi connectivity index (χ2n) is 37.2. The topological polar surface area (TPSA) is 74.8 Å². The van der Waals surface area contributed by atoms with E-state index in [9.17, 15) is 0 Å². The highest BCUT2D eigenvalue weighted by Crippen LogP contribution is 2.48. The normalized spacial score (nSPS) is 11.0. The fraction of sp³-hybridized carbons (Fsp3) is 0.130. The first kappa shape index (κ1) is 101. The Hall–Kier alpha value is -18.0. The average molecular weight is 1960 g/mol. The van der Waals surface area contributed by atoms with Crippen molar-refractivity contribution in [3.05, 3.63) is 507 Å². The zero-order chi connectivity index (χ0) is 103. The quantitative estimate of drug-likeness (QED) is 0.0375. The van der Waals surface area contributed by atoms with Crippen LogP contribution < -0.4 is 57.8 Å². The van der Waals surface area contributed by atoms with Gasteiger partial charge in [0.15, 0.2) is 0 Å². The summed E-state index contributed by atoms with van der Waals surface area (Å²) in [6.07, 6.45) is 6.05. The van der Waals surface area contributed by atoms with Gasteiger partial charge in [-0.15, -0.1) is 0 Å². The number of hydrogen-bond acceptors (Lipinski definition) is 12. The highest BCUT2D eigenvalue weighted by atomic mass is 16.5. The summed E-state index contributed by atoms with van der Waals surface area (Å²) >= 11 is 0. The molecule has 0 aliphatic carbocycles. The van der Waals surface area contributed by atoms with E-state index in [0.717, 1.165) is 242 Å². The number of anilines is 18. The molecule has 12 heteroatoms. The molecule has 0 aliphatic heterocycles. The molecule has 12 nitrogen and oxygen atoms in total. The summed E-state index contributed by atoms with van der Waals surface area (Å²) < 4.78 is 33.1. The van der Waals surface area contributed by atoms with Crippen molar-refractivity contribution in [1.82, 2.24) is 0 Å². The molecule has 0 radical (unpaired) electrons. The number of aryl methyl sites for hydroxylation is 6. The molecule has 0 heterocycles. The monoisotopic (exact) mass is 1960 g/mol. The summed E-state index contributed by atoms with van der Waals surface area (Å²) in [5.41, 5.74) is 40.7. The van der Waals surface area contributed by atoms with Crippen LogP contribution >= 0.6 is 0 Å². The molecule has 20 aromatic rings. The van der Waals surface area contributed by atoms with Crippen molar-refractivity contribution >= 4 is 102 Å². The minimum absolute atomic E-state index is 0.794. The van der Waals surface area contributed by atoms with E-state index < -0.39 is 0 Å². The highest BCUT2D eigenvalue weighted by molar-refractivity contribution is 5.91. The predicted octanol–water partition coefficient (Wildman–Crippen LogP) is 37.6. The van der Waals surface area contributed by atoms with Crippen LogP contribution in [0.1, 0.15) is 74.9 Å². The number of rotatable bonds is 36. The second kappa shape index (κ2) is 47.5. The van der Waals surface area contributed by atoms with Crippen LogP contribution in [0.5, 0.6) is 34.5 Å². The van der Waals surface area contributed by atoms with Crippen molar-refractivity contribution in [2.45, 2.75) is 80.1 Å². The lowest BCUT2D eigenvalue weighted by molar-refractivity contribution is 0.414. The Kier molecular flexibility index (Phi) is 31.8. The first-order valence-corrected chi connectivity index (χ1v) is 51.8. The molecule has 0 spiro atoms. The minimum atomic E-state index is 0.794. The lowest BCUT2D eigenvalue weighted by Crippen LogP contribution is -2.10. The molecule has 0 aromatic heterocycles. The molecule has 0 saturated carbocycles. The van der Waals surface area contributed by atoms with Crippen LogP contribution in [0.25, 0.3) is 66.8 Å². The standard InChI is InChI=1S/C72H69N3.C66H57N3O6/c1-7-52-13-31-64(32-14-52)73(65-33-15-53(8-2)16-34-65)70-43-25-58(26-44-70)61-49-62(59-27-45-71(46-28-59)74(66-35-17-54(9-3)18-36-66)67-37-19-55(10-4)20-38-67)51-63(50-61)60-29-47-72(48-30-60)75(68-39-21-56(11-5)22-40-68)69-41-23-57(12-6)24-42-69;1-70-61-31-19-55(20-32-61)67(56-21-33-62(71-2)34-22-56)52-13-7-46(8-14-52)49-43-50(47-9-15-53(16-10-47)68(57-23-35-63(72-3)36-24-57)58-25-37-64(73-4)38-26-58)45-51(44-49)48-11-17-54(18-12-48)69(59-27-39-65(74-5)40-28-59)60-29-41-66(75-6)42-30-60/h13-51H,7-12H2,1-6H3;7-45H,1-6H3. The van der Waals surface area contributed by atoms with Gasteiger partial charge in [0.05, 0.1) is 42.7 Å². The van der Waals surface area contributed by atoms with Gasteiger partial charge in [-0.3, -0.25) is 0 Å². The maximum atomic E-state index is 5.52. The Balaban J connectivity index is 0.000000188. The first-order valence-electron chi connectivity index (χ1n) is 51.8. The fourth-order valence-electron chi connectivity index (χ4n) is 19.4. The molecule has 20 rings (SSSR count). The van der Waals surface area contributed by atoms with Gasteiger partial charge in [-0.25, -0.2) is 0 Å². The van der Waals surface area contributed by atoms with E-state index in [1.165, 1.54) is 33.4 Å². The fourth-order valence-corrected chi connectivity index (χ4v) is 19.4. The van der Waals surface area contributed by atoms with Gasteiger partial charge >= 0.3 is 0 Å². The van der Waals surface area contributed by atoms with Crippen LogP contribution in [0.4, 0.5) is 102 Å². The molecule has 0 aliphatic rings. The average Bonchev–Trinajstić information content (AvgIpc) is 0.856. The van der Waals surface area contributed by atoms with Gasteiger partial charge in [-0.2, -0.15) is 0 Å². The van der Waals surface area contributed by atoms with Crippen LogP contribution in [0.15, 0.2) is 473 Å². The van der Waals surface area contributed by atoms with E-state index in [4.69, 9.17) is 28.4 Å². The minimum Gasteiger partial charge on any atom is -0.497 e. The van der Waals surface area contributed by atoms with E-state index in [-0.39, 0.29) is 0 Å². The van der Waals surface area contributed by atoms with Crippen LogP contribution in [0.2, 0.25) is 0 Å². The molecule has 0 N–H and O–H groups in total. The molecule has 0 amide bonds. The Morgan fingerprint density at radius 3 is 0.287 bits per heavy atom. The third-order valence-corrected chi connectivity index (χ3v) is 28.2. The third-order valence-electron chi connectivity index (χ3n) is 28.2. The Labute approximate surface area is 884 Å².